The molecule has 1 atom stereocenters. The summed E-state index contributed by atoms with van der Waals surface area (Å²) < 4.78 is 39.8. The van der Waals surface area contributed by atoms with Crippen LogP contribution in [0.1, 0.15) is 56.7 Å². The normalized spacial score (nSPS) is 19.0. The Morgan fingerprint density at radius 1 is 1.11 bits per heavy atom. The maximum absolute atomic E-state index is 14.7. The zero-order chi connectivity index (χ0) is 26.8. The van der Waals surface area contributed by atoms with E-state index in [4.69, 9.17) is 13.8 Å². The Bertz CT molecular complexity index is 1560. The minimum atomic E-state index is -1.40. The number of aryl methyl sites for hydroxylation is 2. The van der Waals surface area contributed by atoms with Gasteiger partial charge in [0.25, 0.3) is 0 Å². The molecule has 4 aromatic rings. The first-order chi connectivity index (χ1) is 18.1. The Morgan fingerprint density at radius 3 is 2.55 bits per heavy atom. The van der Waals surface area contributed by atoms with E-state index in [0.717, 1.165) is 55.1 Å². The Morgan fingerprint density at radius 2 is 1.84 bits per heavy atom. The second-order valence-electron chi connectivity index (χ2n) is 11.2. The van der Waals surface area contributed by atoms with Crippen molar-refractivity contribution in [2.45, 2.75) is 58.6 Å². The standard InChI is InChI=1S/C28H31FN6O2S/c1-17-23(19-8-6-7-9-20(19)29)35-22(10-13-30-35)26(31-17)34-14-11-28(12-15-34)16-21-24(37-18(2)32-21)25(28)33-38(36)27(3,4)5/h6-10,13H,11-12,14-16H2,1-5H3/b33-25+/t38-/m1/s1. The third kappa shape index (κ3) is 4.01. The number of oxazole rings is 1. The summed E-state index contributed by atoms with van der Waals surface area (Å²) in [4.78, 5) is 11.8. The van der Waals surface area contributed by atoms with Gasteiger partial charge in [0.15, 0.2) is 17.5 Å². The summed E-state index contributed by atoms with van der Waals surface area (Å²) >= 11 is -1.40. The van der Waals surface area contributed by atoms with E-state index in [1.54, 1.807) is 22.8 Å². The number of benzene rings is 1. The molecule has 0 unspecified atom stereocenters. The fraction of sp³-hybridized carbons (Fsp3) is 0.429. The van der Waals surface area contributed by atoms with Crippen LogP contribution in [-0.4, -0.2) is 47.7 Å². The molecule has 38 heavy (non-hydrogen) atoms. The average molecular weight is 535 g/mol. The van der Waals surface area contributed by atoms with Crippen molar-refractivity contribution in [1.82, 2.24) is 19.6 Å². The van der Waals surface area contributed by atoms with Crippen LogP contribution in [0.3, 0.4) is 0 Å². The monoisotopic (exact) mass is 534 g/mol. The number of aromatic nitrogens is 4. The summed E-state index contributed by atoms with van der Waals surface area (Å²) in [6.45, 7) is 11.0. The summed E-state index contributed by atoms with van der Waals surface area (Å²) in [5, 5.41) is 4.53. The van der Waals surface area contributed by atoms with Crippen molar-refractivity contribution >= 4 is 28.4 Å². The summed E-state index contributed by atoms with van der Waals surface area (Å²) in [5.41, 5.74) is 4.10. The fourth-order valence-corrected chi connectivity index (χ4v) is 6.32. The first-order valence-electron chi connectivity index (χ1n) is 12.9. The molecule has 1 saturated heterocycles. The van der Waals surface area contributed by atoms with Gasteiger partial charge < -0.3 is 13.9 Å². The largest absolute Gasteiger partial charge is 0.591 e. The number of rotatable bonds is 3. The van der Waals surface area contributed by atoms with Crippen LogP contribution in [0.2, 0.25) is 0 Å². The lowest BCUT2D eigenvalue weighted by molar-refractivity contribution is 0.325. The summed E-state index contributed by atoms with van der Waals surface area (Å²) in [6.07, 6.45) is 4.06. The molecule has 1 aliphatic carbocycles. The van der Waals surface area contributed by atoms with Gasteiger partial charge in [0, 0.05) is 37.4 Å². The lowest BCUT2D eigenvalue weighted by Gasteiger charge is -2.40. The van der Waals surface area contributed by atoms with Crippen molar-refractivity contribution in [2.75, 3.05) is 18.0 Å². The van der Waals surface area contributed by atoms with Gasteiger partial charge in [-0.1, -0.05) is 16.5 Å². The van der Waals surface area contributed by atoms with Crippen molar-refractivity contribution in [1.29, 1.82) is 0 Å². The molecule has 1 fully saturated rings. The van der Waals surface area contributed by atoms with Crippen LogP contribution in [0.5, 0.6) is 0 Å². The molecule has 1 spiro atoms. The lowest BCUT2D eigenvalue weighted by atomic mass is 9.75. The van der Waals surface area contributed by atoms with E-state index in [-0.39, 0.29) is 11.2 Å². The first kappa shape index (κ1) is 25.1. The number of piperidine rings is 1. The molecule has 8 nitrogen and oxygen atoms in total. The fourth-order valence-electron chi connectivity index (χ4n) is 5.61. The molecule has 0 radical (unpaired) electrons. The Balaban J connectivity index is 1.34. The maximum atomic E-state index is 14.7. The zero-order valence-electron chi connectivity index (χ0n) is 22.3. The topological polar surface area (TPSA) is 94.9 Å². The molecule has 0 saturated carbocycles. The quantitative estimate of drug-likeness (QED) is 0.334. The summed E-state index contributed by atoms with van der Waals surface area (Å²) in [6, 6.07) is 8.63. The van der Waals surface area contributed by atoms with E-state index in [1.807, 2.05) is 46.8 Å². The summed E-state index contributed by atoms with van der Waals surface area (Å²) in [7, 11) is 0. The van der Waals surface area contributed by atoms with Crippen molar-refractivity contribution < 1.29 is 13.4 Å². The third-order valence-electron chi connectivity index (χ3n) is 7.57. The molecule has 198 valence electrons. The maximum Gasteiger partial charge on any atom is 0.192 e. The van der Waals surface area contributed by atoms with Crippen LogP contribution in [0.15, 0.2) is 45.3 Å². The van der Waals surface area contributed by atoms with E-state index in [9.17, 15) is 8.94 Å². The number of fused-ring (bicyclic) bond motifs is 2. The number of anilines is 1. The molecule has 3 aromatic heterocycles. The lowest BCUT2D eigenvalue weighted by Crippen LogP contribution is -2.44. The van der Waals surface area contributed by atoms with Gasteiger partial charge in [0.2, 0.25) is 0 Å². The minimum absolute atomic E-state index is 0.273. The van der Waals surface area contributed by atoms with Crippen molar-refractivity contribution in [3.63, 3.8) is 0 Å². The predicted molar refractivity (Wildman–Crippen MR) is 146 cm³/mol. The Labute approximate surface area is 224 Å². The van der Waals surface area contributed by atoms with Crippen LogP contribution < -0.4 is 4.90 Å². The van der Waals surface area contributed by atoms with Gasteiger partial charge in [-0.3, -0.25) is 0 Å². The van der Waals surface area contributed by atoms with Crippen LogP contribution in [0.4, 0.5) is 10.2 Å². The van der Waals surface area contributed by atoms with Gasteiger partial charge in [0.05, 0.1) is 23.3 Å². The van der Waals surface area contributed by atoms with Gasteiger partial charge in [-0.05, 0) is 58.7 Å². The Kier molecular flexibility index (Phi) is 5.88. The van der Waals surface area contributed by atoms with E-state index < -0.39 is 16.1 Å². The molecular formula is C28H31FN6O2S. The molecule has 4 heterocycles. The van der Waals surface area contributed by atoms with Gasteiger partial charge in [0.1, 0.15) is 33.2 Å². The van der Waals surface area contributed by atoms with Gasteiger partial charge in [-0.15, -0.1) is 0 Å². The summed E-state index contributed by atoms with van der Waals surface area (Å²) in [5.74, 6) is 1.82. The SMILES string of the molecule is Cc1nc2c(o1)/C(=N\[S@+]([O-])C(C)(C)C)C1(CCN(c3nc(C)c(-c4ccccc4F)n4nccc34)CC1)C2. The van der Waals surface area contributed by atoms with E-state index in [1.165, 1.54) is 6.07 Å². The Hall–Kier alpha value is -3.24. The molecule has 1 aliphatic heterocycles. The minimum Gasteiger partial charge on any atom is -0.591 e. The van der Waals surface area contributed by atoms with E-state index >= 15 is 0 Å². The first-order valence-corrected chi connectivity index (χ1v) is 14.0. The molecule has 6 rings (SSSR count). The molecule has 1 aromatic carbocycles. The van der Waals surface area contributed by atoms with Crippen LogP contribution >= 0.6 is 0 Å². The number of hydrogen-bond donors (Lipinski definition) is 0. The highest BCUT2D eigenvalue weighted by Crippen LogP contribution is 2.47. The van der Waals surface area contributed by atoms with E-state index in [2.05, 4.69) is 15.0 Å². The van der Waals surface area contributed by atoms with Crippen LogP contribution in [0.25, 0.3) is 16.8 Å². The zero-order valence-corrected chi connectivity index (χ0v) is 23.1. The average Bonchev–Trinajstić information content (AvgIpc) is 3.54. The highest BCUT2D eigenvalue weighted by atomic mass is 32.2. The van der Waals surface area contributed by atoms with Crippen LogP contribution in [0, 0.1) is 25.1 Å². The van der Waals surface area contributed by atoms with Gasteiger partial charge in [-0.25, -0.2) is 18.9 Å². The number of hydrogen-bond acceptors (Lipinski definition) is 7. The number of halogens is 1. The van der Waals surface area contributed by atoms with Crippen molar-refractivity contribution in [3.8, 4) is 11.3 Å². The second kappa shape index (κ2) is 8.91. The number of nitrogens with zero attached hydrogens (tertiary/aromatic N) is 6. The molecule has 0 N–H and O–H groups in total. The highest BCUT2D eigenvalue weighted by Gasteiger charge is 2.51. The molecular weight excluding hydrogens is 503 g/mol. The predicted octanol–water partition coefficient (Wildman–Crippen LogP) is 5.23. The highest BCUT2D eigenvalue weighted by molar-refractivity contribution is 7.91. The van der Waals surface area contributed by atoms with Gasteiger partial charge in [-0.2, -0.15) is 5.10 Å². The van der Waals surface area contributed by atoms with Crippen molar-refractivity contribution in [3.05, 3.63) is 65.4 Å². The molecule has 0 bridgehead atoms. The molecule has 10 heteroatoms. The van der Waals surface area contributed by atoms with E-state index in [0.29, 0.717) is 28.6 Å². The smallest absolute Gasteiger partial charge is 0.192 e. The third-order valence-corrected chi connectivity index (χ3v) is 8.97. The van der Waals surface area contributed by atoms with Crippen LogP contribution in [-0.2, 0) is 17.8 Å². The molecule has 0 amide bonds. The van der Waals surface area contributed by atoms with Crippen molar-refractivity contribution in [2.24, 2.45) is 9.81 Å². The molecule has 2 aliphatic rings. The van der Waals surface area contributed by atoms with Gasteiger partial charge >= 0.3 is 0 Å². The second-order valence-corrected chi connectivity index (χ2v) is 13.1.